The lowest BCUT2D eigenvalue weighted by molar-refractivity contribution is 0.590. The first kappa shape index (κ1) is 36.0. The number of nitrogens with zero attached hydrogens (tertiary/aromatic N) is 2. The van der Waals surface area contributed by atoms with Crippen LogP contribution in [0.15, 0.2) is 164 Å². The number of fused-ring (bicyclic) bond motifs is 2. The monoisotopic (exact) mass is 750 g/mol. The largest absolute Gasteiger partial charge is 0.313 e. The number of benzene rings is 9. The number of hydrogen-bond acceptors (Lipinski definition) is 2. The van der Waals surface area contributed by atoms with Gasteiger partial charge in [0.25, 0.3) is 0 Å². The zero-order chi connectivity index (χ0) is 39.8. The normalized spacial score (nSPS) is 13.3. The third-order valence-corrected chi connectivity index (χ3v) is 12.4. The fourth-order valence-corrected chi connectivity index (χ4v) is 9.30. The lowest BCUT2D eigenvalue weighted by Crippen LogP contribution is -2.35. The summed E-state index contributed by atoms with van der Waals surface area (Å²) in [5.41, 5.74) is 10.0. The molecular formula is C56H50N2. The molecule has 10 rings (SSSR count). The summed E-state index contributed by atoms with van der Waals surface area (Å²) in [6.07, 6.45) is 4.38. The summed E-state index contributed by atoms with van der Waals surface area (Å²) in [7, 11) is 0. The second-order valence-corrected chi connectivity index (χ2v) is 18.1. The predicted molar refractivity (Wildman–Crippen MR) is 251 cm³/mol. The summed E-state index contributed by atoms with van der Waals surface area (Å²) >= 11 is 0. The van der Waals surface area contributed by atoms with Crippen LogP contribution in [0, 0.1) is 0 Å². The first-order valence-electron chi connectivity index (χ1n) is 20.8. The predicted octanol–water partition coefficient (Wildman–Crippen LogP) is 14.3. The molecule has 0 N–H and O–H groups in total. The highest BCUT2D eigenvalue weighted by Gasteiger charge is 2.25. The molecule has 0 radical (unpaired) electrons. The van der Waals surface area contributed by atoms with Crippen molar-refractivity contribution in [1.82, 2.24) is 0 Å². The summed E-state index contributed by atoms with van der Waals surface area (Å²) in [6.45, 7) is 13.7. The van der Waals surface area contributed by atoms with E-state index >= 15 is 0 Å². The maximum Gasteiger partial charge on any atom is 0.0540 e. The molecule has 2 nitrogen and oxygen atoms in total. The number of rotatable bonds is 6. The van der Waals surface area contributed by atoms with E-state index in [1.54, 1.807) is 0 Å². The van der Waals surface area contributed by atoms with Crippen molar-refractivity contribution in [2.45, 2.75) is 65.2 Å². The van der Waals surface area contributed by atoms with Crippen molar-refractivity contribution in [2.75, 3.05) is 9.80 Å². The van der Waals surface area contributed by atoms with Crippen molar-refractivity contribution in [3.05, 3.63) is 185 Å². The molecule has 0 amide bonds. The highest BCUT2D eigenvalue weighted by molar-refractivity contribution is 6.28. The van der Waals surface area contributed by atoms with Gasteiger partial charge in [-0.25, -0.2) is 0 Å². The molecule has 0 saturated heterocycles. The Hall–Kier alpha value is -6.38. The molecule has 0 fully saturated rings. The standard InChI is InChI=1S/C56H50N2/c1-55(2,3)41-25-29-43(30-26-41)57(49-19-11-15-37-13-7-9-17-45(37)49)51-35-23-39-22-34-48-52(36-24-40-21-33-47(51)53(39)54(40)48)58(44-31-27-42(28-32-44)56(4,5)6)50-20-12-16-38-14-8-10-18-46(38)50/h7-11,13-19,21-36H,12,20H2,1-6H3. The average Bonchev–Trinajstić information content (AvgIpc) is 3.23. The third kappa shape index (κ3) is 6.02. The molecule has 1 aliphatic carbocycles. The highest BCUT2D eigenvalue weighted by atomic mass is 15.2. The van der Waals surface area contributed by atoms with Crippen LogP contribution in [-0.2, 0) is 10.8 Å². The molecule has 9 aromatic rings. The molecule has 9 aromatic carbocycles. The van der Waals surface area contributed by atoms with Crippen LogP contribution in [0.2, 0.25) is 0 Å². The van der Waals surface area contributed by atoms with Crippen molar-refractivity contribution < 1.29 is 0 Å². The summed E-state index contributed by atoms with van der Waals surface area (Å²) in [5.74, 6) is 0. The maximum absolute atomic E-state index is 2.56. The molecule has 2 heteroatoms. The molecule has 58 heavy (non-hydrogen) atoms. The minimum absolute atomic E-state index is 0.0618. The fourth-order valence-electron chi connectivity index (χ4n) is 9.30. The summed E-state index contributed by atoms with van der Waals surface area (Å²) in [4.78, 5) is 5.04. The van der Waals surface area contributed by atoms with E-state index in [2.05, 4.69) is 221 Å². The molecule has 0 saturated carbocycles. The van der Waals surface area contributed by atoms with Crippen molar-refractivity contribution in [1.29, 1.82) is 0 Å². The van der Waals surface area contributed by atoms with Crippen LogP contribution in [0.25, 0.3) is 54.9 Å². The van der Waals surface area contributed by atoms with Crippen LogP contribution in [0.1, 0.15) is 65.5 Å². The van der Waals surface area contributed by atoms with Crippen LogP contribution in [0.4, 0.5) is 28.4 Å². The SMILES string of the molecule is CC(C)(C)c1ccc(N(C2=c3ccccc3=CCC2)c2ccc3ccc4c(N(c5ccc(C(C)(C)C)cc5)c5cccc6ccccc56)ccc5ccc2c3c54)cc1. The Bertz CT molecular complexity index is 3120. The van der Waals surface area contributed by atoms with Gasteiger partial charge in [0.2, 0.25) is 0 Å². The number of hydrogen-bond donors (Lipinski definition) is 0. The average molecular weight is 751 g/mol. The van der Waals surface area contributed by atoms with Crippen molar-refractivity contribution in [2.24, 2.45) is 0 Å². The van der Waals surface area contributed by atoms with E-state index < -0.39 is 0 Å². The zero-order valence-electron chi connectivity index (χ0n) is 34.5. The molecule has 0 spiro atoms. The van der Waals surface area contributed by atoms with Gasteiger partial charge in [-0.1, -0.05) is 169 Å². The Balaban J connectivity index is 1.24. The molecule has 0 heterocycles. The minimum atomic E-state index is 0.0618. The van der Waals surface area contributed by atoms with Gasteiger partial charge in [0.1, 0.15) is 0 Å². The van der Waals surface area contributed by atoms with E-state index in [4.69, 9.17) is 0 Å². The molecule has 0 bridgehead atoms. The van der Waals surface area contributed by atoms with Gasteiger partial charge >= 0.3 is 0 Å². The van der Waals surface area contributed by atoms with E-state index in [0.717, 1.165) is 18.5 Å². The molecule has 284 valence electrons. The molecular weight excluding hydrogens is 701 g/mol. The van der Waals surface area contributed by atoms with Gasteiger partial charge < -0.3 is 9.80 Å². The number of anilines is 5. The Morgan fingerprint density at radius 1 is 0.397 bits per heavy atom. The lowest BCUT2D eigenvalue weighted by atomic mass is 9.87. The van der Waals surface area contributed by atoms with Gasteiger partial charge in [-0.3, -0.25) is 0 Å². The van der Waals surface area contributed by atoms with Crippen LogP contribution < -0.4 is 20.2 Å². The fraction of sp³-hybridized carbons (Fsp3) is 0.179. The van der Waals surface area contributed by atoms with E-state index in [1.807, 2.05) is 0 Å². The Labute approximate surface area is 342 Å². The van der Waals surface area contributed by atoms with Gasteiger partial charge in [0.15, 0.2) is 0 Å². The van der Waals surface area contributed by atoms with Crippen molar-refractivity contribution in [3.63, 3.8) is 0 Å². The second-order valence-electron chi connectivity index (χ2n) is 18.1. The quantitative estimate of drug-likeness (QED) is 0.156. The van der Waals surface area contributed by atoms with Crippen molar-refractivity contribution in [3.8, 4) is 0 Å². The summed E-state index contributed by atoms with van der Waals surface area (Å²) in [6, 6.07) is 61.6. The molecule has 0 aromatic heterocycles. The summed E-state index contributed by atoms with van der Waals surface area (Å²) in [5, 5.41) is 12.7. The maximum atomic E-state index is 2.56. The van der Waals surface area contributed by atoms with E-state index in [1.165, 1.54) is 93.1 Å². The highest BCUT2D eigenvalue weighted by Crippen LogP contribution is 2.48. The molecule has 0 unspecified atom stereocenters. The molecule has 0 aliphatic heterocycles. The van der Waals surface area contributed by atoms with Gasteiger partial charge in [-0.05, 0) is 109 Å². The van der Waals surface area contributed by atoms with Crippen LogP contribution in [-0.4, -0.2) is 0 Å². The zero-order valence-corrected chi connectivity index (χ0v) is 34.5. The topological polar surface area (TPSA) is 6.48 Å². The van der Waals surface area contributed by atoms with E-state index in [9.17, 15) is 0 Å². The molecule has 1 aliphatic rings. The smallest absolute Gasteiger partial charge is 0.0540 e. The van der Waals surface area contributed by atoms with E-state index in [0.29, 0.717) is 0 Å². The minimum Gasteiger partial charge on any atom is -0.313 e. The molecule has 0 atom stereocenters. The second kappa shape index (κ2) is 13.6. The van der Waals surface area contributed by atoms with Gasteiger partial charge in [0, 0.05) is 38.4 Å². The Morgan fingerprint density at radius 2 is 0.897 bits per heavy atom. The van der Waals surface area contributed by atoms with E-state index in [-0.39, 0.29) is 10.8 Å². The van der Waals surface area contributed by atoms with Crippen LogP contribution in [0.5, 0.6) is 0 Å². The van der Waals surface area contributed by atoms with Crippen LogP contribution >= 0.6 is 0 Å². The summed E-state index contributed by atoms with van der Waals surface area (Å²) < 4.78 is 0. The van der Waals surface area contributed by atoms with Gasteiger partial charge in [0.05, 0.1) is 17.1 Å². The lowest BCUT2D eigenvalue weighted by Gasteiger charge is -2.32. The van der Waals surface area contributed by atoms with Gasteiger partial charge in [-0.15, -0.1) is 0 Å². The Kier molecular flexibility index (Phi) is 8.46. The van der Waals surface area contributed by atoms with Crippen molar-refractivity contribution >= 4 is 83.3 Å². The van der Waals surface area contributed by atoms with Gasteiger partial charge in [-0.2, -0.15) is 0 Å². The third-order valence-electron chi connectivity index (χ3n) is 12.4. The first-order valence-corrected chi connectivity index (χ1v) is 20.8. The first-order chi connectivity index (χ1) is 28.0. The Morgan fingerprint density at radius 3 is 1.52 bits per heavy atom. The van der Waals surface area contributed by atoms with Crippen LogP contribution in [0.3, 0.4) is 0 Å².